The Bertz CT molecular complexity index is 902. The molecule has 3 aromatic rings. The first-order valence-corrected chi connectivity index (χ1v) is 8.97. The minimum atomic E-state index is -0.282. The van der Waals surface area contributed by atoms with Crippen LogP contribution >= 0.6 is 11.8 Å². The summed E-state index contributed by atoms with van der Waals surface area (Å²) in [6.07, 6.45) is 0. The van der Waals surface area contributed by atoms with Crippen LogP contribution in [-0.2, 0) is 0 Å². The third kappa shape index (κ3) is 3.79. The molecule has 0 radical (unpaired) electrons. The smallest absolute Gasteiger partial charge is 0.214 e. The monoisotopic (exact) mass is 352 g/mol. The van der Waals surface area contributed by atoms with Gasteiger partial charge in [0.1, 0.15) is 0 Å². The molecule has 0 N–H and O–H groups in total. The molecule has 6 heteroatoms. The Labute approximate surface area is 151 Å². The number of hydrogen-bond acceptors (Lipinski definition) is 5. The molecule has 0 saturated heterocycles. The summed E-state index contributed by atoms with van der Waals surface area (Å²) in [5.74, 6) is 0.0876. The fourth-order valence-electron chi connectivity index (χ4n) is 2.53. The zero-order valence-electron chi connectivity index (χ0n) is 14.7. The Morgan fingerprint density at radius 2 is 1.72 bits per heavy atom. The van der Waals surface area contributed by atoms with Gasteiger partial charge in [-0.25, -0.2) is 0 Å². The van der Waals surface area contributed by atoms with E-state index in [2.05, 4.69) is 15.5 Å². The van der Waals surface area contributed by atoms with Crippen LogP contribution in [0.3, 0.4) is 0 Å². The number of aryl methyl sites for hydroxylation is 3. The summed E-state index contributed by atoms with van der Waals surface area (Å²) in [5, 5.41) is 12.2. The van der Waals surface area contributed by atoms with Crippen molar-refractivity contribution in [1.82, 2.24) is 20.2 Å². The molecule has 1 atom stereocenters. The maximum Gasteiger partial charge on any atom is 0.214 e. The molecule has 0 aliphatic heterocycles. The Balaban J connectivity index is 1.83. The lowest BCUT2D eigenvalue weighted by molar-refractivity contribution is 0.0993. The lowest BCUT2D eigenvalue weighted by atomic mass is 10.0. The van der Waals surface area contributed by atoms with Crippen LogP contribution in [-0.4, -0.2) is 31.2 Å². The van der Waals surface area contributed by atoms with Crippen molar-refractivity contribution < 1.29 is 4.79 Å². The van der Waals surface area contributed by atoms with Gasteiger partial charge in [-0.1, -0.05) is 47.2 Å². The van der Waals surface area contributed by atoms with Crippen molar-refractivity contribution in [2.45, 2.75) is 38.1 Å². The van der Waals surface area contributed by atoms with E-state index in [4.69, 9.17) is 0 Å². The van der Waals surface area contributed by atoms with Crippen LogP contribution in [0.4, 0.5) is 0 Å². The van der Waals surface area contributed by atoms with E-state index in [1.54, 1.807) is 4.68 Å². The van der Waals surface area contributed by atoms with Crippen LogP contribution in [0.15, 0.2) is 47.6 Å². The molecule has 0 aliphatic rings. The second-order valence-electron chi connectivity index (χ2n) is 6.15. The minimum absolute atomic E-state index is 0.0876. The molecule has 25 heavy (non-hydrogen) atoms. The van der Waals surface area contributed by atoms with Crippen molar-refractivity contribution >= 4 is 17.5 Å². The van der Waals surface area contributed by atoms with Gasteiger partial charge in [0, 0.05) is 5.56 Å². The number of benzene rings is 2. The highest BCUT2D eigenvalue weighted by Crippen LogP contribution is 2.26. The number of rotatable bonds is 5. The summed E-state index contributed by atoms with van der Waals surface area (Å²) in [4.78, 5) is 12.8. The summed E-state index contributed by atoms with van der Waals surface area (Å²) in [6.45, 7) is 7.87. The van der Waals surface area contributed by atoms with Crippen molar-refractivity contribution in [1.29, 1.82) is 0 Å². The number of nitrogens with zero attached hydrogens (tertiary/aromatic N) is 4. The molecule has 0 fully saturated rings. The van der Waals surface area contributed by atoms with E-state index in [1.807, 2.05) is 70.2 Å². The van der Waals surface area contributed by atoms with Crippen LogP contribution in [0.25, 0.3) is 5.69 Å². The molecule has 0 aliphatic carbocycles. The van der Waals surface area contributed by atoms with Gasteiger partial charge in [0.25, 0.3) is 0 Å². The Hall–Kier alpha value is -2.47. The Morgan fingerprint density at radius 1 is 1.04 bits per heavy atom. The number of ketones is 1. The van der Waals surface area contributed by atoms with Crippen molar-refractivity contribution in [3.8, 4) is 5.69 Å². The van der Waals surface area contributed by atoms with Crippen LogP contribution in [0.5, 0.6) is 0 Å². The lowest BCUT2D eigenvalue weighted by Crippen LogP contribution is -2.16. The first-order valence-electron chi connectivity index (χ1n) is 8.09. The number of thioether (sulfide) groups is 1. The summed E-state index contributed by atoms with van der Waals surface area (Å²) in [5.41, 5.74) is 4.88. The zero-order valence-corrected chi connectivity index (χ0v) is 15.5. The number of carbonyl (C=O) groups excluding carboxylic acids is 1. The second kappa shape index (κ2) is 7.19. The summed E-state index contributed by atoms with van der Waals surface area (Å²) >= 11 is 1.37. The van der Waals surface area contributed by atoms with Gasteiger partial charge in [-0.05, 0) is 61.9 Å². The third-order valence-corrected chi connectivity index (χ3v) is 5.06. The van der Waals surface area contributed by atoms with Crippen LogP contribution < -0.4 is 0 Å². The molecule has 0 bridgehead atoms. The highest BCUT2D eigenvalue weighted by Gasteiger charge is 2.21. The standard InChI is InChI=1S/C19H20N4OS/c1-12-6-9-16(10-7-12)23-19(20-21-22-23)25-15(4)18(24)17-11-13(2)5-8-14(17)3/h5-11,15H,1-4H3/t15-/m1/s1. The largest absolute Gasteiger partial charge is 0.293 e. The molecule has 5 nitrogen and oxygen atoms in total. The first-order chi connectivity index (χ1) is 12.0. The van der Waals surface area contributed by atoms with Gasteiger partial charge in [-0.2, -0.15) is 4.68 Å². The molecule has 1 heterocycles. The van der Waals surface area contributed by atoms with Crippen molar-refractivity contribution in [2.75, 3.05) is 0 Å². The normalized spacial score (nSPS) is 12.2. The van der Waals surface area contributed by atoms with E-state index in [-0.39, 0.29) is 11.0 Å². The molecule has 3 rings (SSSR count). The van der Waals surface area contributed by atoms with Crippen molar-refractivity contribution in [2.24, 2.45) is 0 Å². The van der Waals surface area contributed by atoms with E-state index < -0.39 is 0 Å². The molecular weight excluding hydrogens is 332 g/mol. The fourth-order valence-corrected chi connectivity index (χ4v) is 3.41. The van der Waals surface area contributed by atoms with Gasteiger partial charge in [-0.3, -0.25) is 4.79 Å². The average molecular weight is 352 g/mol. The van der Waals surface area contributed by atoms with Gasteiger partial charge in [0.05, 0.1) is 10.9 Å². The van der Waals surface area contributed by atoms with Crippen LogP contribution in [0.2, 0.25) is 0 Å². The van der Waals surface area contributed by atoms with Crippen molar-refractivity contribution in [3.63, 3.8) is 0 Å². The van der Waals surface area contributed by atoms with E-state index >= 15 is 0 Å². The third-order valence-electron chi connectivity index (χ3n) is 4.03. The number of Topliss-reactive ketones (excluding diaryl/α,β-unsaturated/α-hetero) is 1. The lowest BCUT2D eigenvalue weighted by Gasteiger charge is -2.12. The van der Waals surface area contributed by atoms with Crippen LogP contribution in [0.1, 0.15) is 34.0 Å². The van der Waals surface area contributed by atoms with E-state index in [0.29, 0.717) is 5.16 Å². The molecule has 128 valence electrons. The molecule has 0 spiro atoms. The molecule has 0 amide bonds. The topological polar surface area (TPSA) is 60.7 Å². The first kappa shape index (κ1) is 17.4. The molecular formula is C19H20N4OS. The number of tetrazole rings is 1. The Kier molecular flexibility index (Phi) is 4.99. The number of carbonyl (C=O) groups is 1. The van der Waals surface area contributed by atoms with E-state index in [9.17, 15) is 4.79 Å². The average Bonchev–Trinajstić information content (AvgIpc) is 3.05. The summed E-state index contributed by atoms with van der Waals surface area (Å²) in [7, 11) is 0. The van der Waals surface area contributed by atoms with E-state index in [1.165, 1.54) is 17.3 Å². The van der Waals surface area contributed by atoms with Gasteiger partial charge < -0.3 is 0 Å². The predicted molar refractivity (Wildman–Crippen MR) is 99.5 cm³/mol. The van der Waals surface area contributed by atoms with Crippen LogP contribution in [0, 0.1) is 20.8 Å². The quantitative estimate of drug-likeness (QED) is 0.514. The molecule has 2 aromatic carbocycles. The van der Waals surface area contributed by atoms with Gasteiger partial charge in [0.15, 0.2) is 5.78 Å². The van der Waals surface area contributed by atoms with Crippen molar-refractivity contribution in [3.05, 3.63) is 64.7 Å². The minimum Gasteiger partial charge on any atom is -0.293 e. The zero-order chi connectivity index (χ0) is 18.0. The maximum atomic E-state index is 12.8. The summed E-state index contributed by atoms with van der Waals surface area (Å²) in [6, 6.07) is 13.9. The molecule has 1 aromatic heterocycles. The molecule has 0 saturated carbocycles. The highest BCUT2D eigenvalue weighted by molar-refractivity contribution is 8.00. The van der Waals surface area contributed by atoms with E-state index in [0.717, 1.165) is 22.4 Å². The predicted octanol–water partition coefficient (Wildman–Crippen LogP) is 3.95. The molecule has 0 unspecified atom stereocenters. The summed E-state index contributed by atoms with van der Waals surface area (Å²) < 4.78 is 1.66. The Morgan fingerprint density at radius 3 is 2.44 bits per heavy atom. The number of aromatic nitrogens is 4. The fraction of sp³-hybridized carbons (Fsp3) is 0.263. The van der Waals surface area contributed by atoms with Gasteiger partial charge in [0.2, 0.25) is 5.16 Å². The van der Waals surface area contributed by atoms with Gasteiger partial charge in [-0.15, -0.1) is 5.10 Å². The maximum absolute atomic E-state index is 12.8. The second-order valence-corrected chi connectivity index (χ2v) is 7.46. The SMILES string of the molecule is Cc1ccc(-n2nnnc2S[C@H](C)C(=O)c2cc(C)ccc2C)cc1. The number of hydrogen-bond donors (Lipinski definition) is 0. The van der Waals surface area contributed by atoms with Gasteiger partial charge >= 0.3 is 0 Å². The highest BCUT2D eigenvalue weighted by atomic mass is 32.2.